The van der Waals surface area contributed by atoms with Crippen molar-refractivity contribution in [1.29, 1.82) is 0 Å². The van der Waals surface area contributed by atoms with E-state index < -0.39 is 33.3 Å². The van der Waals surface area contributed by atoms with Gasteiger partial charge in [0.2, 0.25) is 0 Å². The van der Waals surface area contributed by atoms with Gasteiger partial charge in [-0.2, -0.15) is 0 Å². The Bertz CT molecular complexity index is 1160. The molecule has 0 radical (unpaired) electrons. The van der Waals surface area contributed by atoms with Gasteiger partial charge in [0.1, 0.15) is 5.76 Å². The second-order valence-electron chi connectivity index (χ2n) is 7.89. The number of benzene rings is 2. The van der Waals surface area contributed by atoms with Gasteiger partial charge in [-0.25, -0.2) is 0 Å². The molecule has 0 aliphatic carbocycles. The standard InChI is InChI=1S/C23H23N3O8/c1-14(2)34-13-5-12-24-20(17-6-3-4-7-18(17)26(32)33)19(22(28)23(24)29)21(27)15-8-10-16(11-9-15)25(30)31/h3-4,6-11,14,20,27H,5,12-13H2,1-2H3/t20-/m1/s1. The summed E-state index contributed by atoms with van der Waals surface area (Å²) in [5.74, 6) is -2.47. The third-order valence-electron chi connectivity index (χ3n) is 5.31. The van der Waals surface area contributed by atoms with E-state index >= 15 is 0 Å². The van der Waals surface area contributed by atoms with Crippen molar-refractivity contribution in [2.24, 2.45) is 0 Å². The Labute approximate surface area is 194 Å². The number of hydrogen-bond donors (Lipinski definition) is 1. The summed E-state index contributed by atoms with van der Waals surface area (Å²) in [6, 6.07) is 9.25. The van der Waals surface area contributed by atoms with E-state index in [0.29, 0.717) is 13.0 Å². The smallest absolute Gasteiger partial charge is 0.295 e. The molecule has 0 unspecified atom stereocenters. The Kier molecular flexibility index (Phi) is 7.37. The maximum absolute atomic E-state index is 13.0. The molecule has 1 saturated heterocycles. The summed E-state index contributed by atoms with van der Waals surface area (Å²) in [6.45, 7) is 4.06. The molecule has 1 fully saturated rings. The molecule has 11 nitrogen and oxygen atoms in total. The molecule has 34 heavy (non-hydrogen) atoms. The Hall–Kier alpha value is -4.12. The van der Waals surface area contributed by atoms with E-state index in [-0.39, 0.29) is 40.7 Å². The number of para-hydroxylation sites is 1. The zero-order valence-corrected chi connectivity index (χ0v) is 18.5. The van der Waals surface area contributed by atoms with Crippen LogP contribution < -0.4 is 0 Å². The van der Waals surface area contributed by atoms with Crippen LogP contribution >= 0.6 is 0 Å². The normalized spacial score (nSPS) is 17.4. The van der Waals surface area contributed by atoms with Gasteiger partial charge in [-0.1, -0.05) is 12.1 Å². The monoisotopic (exact) mass is 469 g/mol. The predicted molar refractivity (Wildman–Crippen MR) is 121 cm³/mol. The molecule has 1 amide bonds. The summed E-state index contributed by atoms with van der Waals surface area (Å²) in [5, 5.41) is 33.6. The van der Waals surface area contributed by atoms with Gasteiger partial charge in [0.05, 0.1) is 33.1 Å². The van der Waals surface area contributed by atoms with Crippen molar-refractivity contribution in [1.82, 2.24) is 4.90 Å². The first-order chi connectivity index (χ1) is 16.1. The van der Waals surface area contributed by atoms with Gasteiger partial charge in [-0.3, -0.25) is 29.8 Å². The Morgan fingerprint density at radius 3 is 2.29 bits per heavy atom. The first-order valence-corrected chi connectivity index (χ1v) is 10.5. The number of carbonyl (C=O) groups is 2. The van der Waals surface area contributed by atoms with Crippen LogP contribution in [0.15, 0.2) is 54.1 Å². The number of ketones is 1. The molecule has 0 spiro atoms. The molecule has 1 aliphatic rings. The van der Waals surface area contributed by atoms with Gasteiger partial charge in [0, 0.05) is 36.9 Å². The number of aliphatic hydroxyl groups is 1. The lowest BCUT2D eigenvalue weighted by Gasteiger charge is -2.25. The number of likely N-dealkylation sites (tertiary alicyclic amines) is 1. The number of rotatable bonds is 9. The van der Waals surface area contributed by atoms with Gasteiger partial charge in [-0.05, 0) is 38.5 Å². The van der Waals surface area contributed by atoms with Gasteiger partial charge in [-0.15, -0.1) is 0 Å². The van der Waals surface area contributed by atoms with Crippen molar-refractivity contribution in [3.05, 3.63) is 85.5 Å². The zero-order valence-electron chi connectivity index (χ0n) is 18.5. The van der Waals surface area contributed by atoms with E-state index in [9.17, 15) is 34.9 Å². The van der Waals surface area contributed by atoms with E-state index in [2.05, 4.69) is 0 Å². The third kappa shape index (κ3) is 4.94. The molecular formula is C23H23N3O8. The second kappa shape index (κ2) is 10.2. The van der Waals surface area contributed by atoms with Crippen LogP contribution in [0.4, 0.5) is 11.4 Å². The number of ether oxygens (including phenoxy) is 1. The van der Waals surface area contributed by atoms with Crippen molar-refractivity contribution >= 4 is 28.8 Å². The molecule has 178 valence electrons. The molecule has 1 heterocycles. The van der Waals surface area contributed by atoms with Crippen LogP contribution in [0.25, 0.3) is 5.76 Å². The lowest BCUT2D eigenvalue weighted by Crippen LogP contribution is -2.31. The highest BCUT2D eigenvalue weighted by Crippen LogP contribution is 2.42. The number of nitrogens with zero attached hydrogens (tertiary/aromatic N) is 3. The minimum absolute atomic E-state index is 0.0384. The maximum Gasteiger partial charge on any atom is 0.295 e. The molecule has 2 aromatic rings. The van der Waals surface area contributed by atoms with Crippen LogP contribution in [0.2, 0.25) is 0 Å². The summed E-state index contributed by atoms with van der Waals surface area (Å²) in [5.41, 5.74) is -0.724. The number of nitro benzene ring substituents is 2. The molecule has 1 aliphatic heterocycles. The van der Waals surface area contributed by atoms with E-state index in [0.717, 1.165) is 12.1 Å². The SMILES string of the molecule is CC(C)OCCCN1C(=O)C(=O)C(=C(O)c2ccc([N+](=O)[O-])cc2)[C@H]1c1ccccc1[N+](=O)[O-]. The maximum atomic E-state index is 13.0. The first-order valence-electron chi connectivity index (χ1n) is 10.5. The molecule has 0 bridgehead atoms. The van der Waals surface area contributed by atoms with Gasteiger partial charge in [0.15, 0.2) is 0 Å². The highest BCUT2D eigenvalue weighted by molar-refractivity contribution is 6.46. The van der Waals surface area contributed by atoms with Crippen molar-refractivity contribution in [2.75, 3.05) is 13.2 Å². The van der Waals surface area contributed by atoms with Crippen LogP contribution in [0.1, 0.15) is 37.4 Å². The predicted octanol–water partition coefficient (Wildman–Crippen LogP) is 3.74. The van der Waals surface area contributed by atoms with Crippen molar-refractivity contribution < 1.29 is 29.3 Å². The number of Topliss-reactive ketones (excluding diaryl/α,β-unsaturated/α-hetero) is 1. The number of nitro groups is 2. The fourth-order valence-electron chi connectivity index (χ4n) is 3.77. The van der Waals surface area contributed by atoms with E-state index in [4.69, 9.17) is 4.74 Å². The molecule has 11 heteroatoms. The number of carbonyl (C=O) groups excluding carboxylic acids is 2. The van der Waals surface area contributed by atoms with Gasteiger partial charge >= 0.3 is 0 Å². The van der Waals surface area contributed by atoms with E-state index in [1.807, 2.05) is 13.8 Å². The van der Waals surface area contributed by atoms with E-state index in [1.54, 1.807) is 0 Å². The Morgan fingerprint density at radius 1 is 1.06 bits per heavy atom. The van der Waals surface area contributed by atoms with Crippen molar-refractivity contribution in [2.45, 2.75) is 32.4 Å². The molecular weight excluding hydrogens is 446 g/mol. The van der Waals surface area contributed by atoms with Crippen molar-refractivity contribution in [3.8, 4) is 0 Å². The number of aliphatic hydroxyl groups excluding tert-OH is 1. The summed E-state index contributed by atoms with van der Waals surface area (Å²) in [7, 11) is 0. The number of hydrogen-bond acceptors (Lipinski definition) is 8. The minimum atomic E-state index is -1.21. The largest absolute Gasteiger partial charge is 0.507 e. The minimum Gasteiger partial charge on any atom is -0.507 e. The van der Waals surface area contributed by atoms with Crippen LogP contribution in [-0.2, 0) is 14.3 Å². The topological polar surface area (TPSA) is 153 Å². The molecule has 1 N–H and O–H groups in total. The van der Waals surface area contributed by atoms with Gasteiger partial charge in [0.25, 0.3) is 23.1 Å². The fourth-order valence-corrected chi connectivity index (χ4v) is 3.77. The van der Waals surface area contributed by atoms with Gasteiger partial charge < -0.3 is 14.7 Å². The lowest BCUT2D eigenvalue weighted by atomic mass is 9.94. The molecule has 2 aromatic carbocycles. The molecule has 0 aromatic heterocycles. The van der Waals surface area contributed by atoms with Crippen LogP contribution in [0.3, 0.4) is 0 Å². The molecule has 1 atom stereocenters. The second-order valence-corrected chi connectivity index (χ2v) is 7.89. The Balaban J connectivity index is 2.12. The average Bonchev–Trinajstić information content (AvgIpc) is 3.06. The summed E-state index contributed by atoms with van der Waals surface area (Å²) in [6.07, 6.45) is 0.323. The van der Waals surface area contributed by atoms with Crippen LogP contribution in [-0.4, -0.2) is 50.8 Å². The summed E-state index contributed by atoms with van der Waals surface area (Å²) < 4.78 is 5.49. The lowest BCUT2D eigenvalue weighted by molar-refractivity contribution is -0.385. The quantitative estimate of drug-likeness (QED) is 0.145. The fraction of sp³-hybridized carbons (Fsp3) is 0.304. The number of non-ortho nitro benzene ring substituents is 1. The van der Waals surface area contributed by atoms with Crippen LogP contribution in [0, 0.1) is 20.2 Å². The first kappa shape index (κ1) is 24.5. The van der Waals surface area contributed by atoms with Crippen molar-refractivity contribution in [3.63, 3.8) is 0 Å². The third-order valence-corrected chi connectivity index (χ3v) is 5.31. The Morgan fingerprint density at radius 2 is 1.71 bits per heavy atom. The summed E-state index contributed by atoms with van der Waals surface area (Å²) in [4.78, 5) is 48.5. The summed E-state index contributed by atoms with van der Waals surface area (Å²) >= 11 is 0. The molecule has 0 saturated carbocycles. The average molecular weight is 469 g/mol. The van der Waals surface area contributed by atoms with E-state index in [1.165, 1.54) is 41.3 Å². The highest BCUT2D eigenvalue weighted by Gasteiger charge is 2.47. The molecule has 3 rings (SSSR count). The van der Waals surface area contributed by atoms with Crippen LogP contribution in [0.5, 0.6) is 0 Å². The highest BCUT2D eigenvalue weighted by atomic mass is 16.6. The zero-order chi connectivity index (χ0) is 25.0. The number of amides is 1.